The van der Waals surface area contributed by atoms with Crippen molar-refractivity contribution in [2.45, 2.75) is 89.1 Å². The van der Waals surface area contributed by atoms with E-state index in [9.17, 15) is 19.6 Å². The Morgan fingerprint density at radius 2 is 2.03 bits per heavy atom. The van der Waals surface area contributed by atoms with Crippen molar-refractivity contribution in [3.63, 3.8) is 0 Å². The Hall–Kier alpha value is -3.14. The van der Waals surface area contributed by atoms with Crippen LogP contribution in [0.4, 0.5) is 0 Å². The molecule has 1 heterocycles. The standard InChI is InChI=1S/C30H37N3O4/c1-37-27-11-7-9-20-14-22(16-24(20)27)29(36)33-19-30(12-5-2-6-13-30)17-25(33)28(35)32-23(18-31)15-21-8-3-4-10-26(21)34/h7,9,11,16,21,23,25H,2-6,8,10,12-15,17,19H2,1H3,(H,32,35)/t21-,23-,25-/m0/s1. The molecule has 1 N–H and O–H groups in total. The number of fused-ring (bicyclic) bond motifs is 1. The molecule has 0 radical (unpaired) electrons. The number of nitrogens with zero attached hydrogens (tertiary/aromatic N) is 2. The van der Waals surface area contributed by atoms with Crippen LogP contribution in [0, 0.1) is 22.7 Å². The molecule has 1 aromatic rings. The van der Waals surface area contributed by atoms with E-state index in [2.05, 4.69) is 11.4 Å². The first-order valence-electron chi connectivity index (χ1n) is 13.8. The van der Waals surface area contributed by atoms with Gasteiger partial charge in [0, 0.05) is 36.4 Å². The van der Waals surface area contributed by atoms with Crippen LogP contribution in [0.2, 0.25) is 0 Å². The second-order valence-electron chi connectivity index (χ2n) is 11.4. The lowest BCUT2D eigenvalue weighted by atomic mass is 9.72. The van der Waals surface area contributed by atoms with E-state index < -0.39 is 12.1 Å². The third-order valence-corrected chi connectivity index (χ3v) is 9.01. The topological polar surface area (TPSA) is 99.5 Å². The summed E-state index contributed by atoms with van der Waals surface area (Å²) in [7, 11) is 1.63. The highest BCUT2D eigenvalue weighted by atomic mass is 16.5. The molecule has 1 aromatic carbocycles. The Morgan fingerprint density at radius 1 is 1.22 bits per heavy atom. The molecule has 4 aliphatic rings. The van der Waals surface area contributed by atoms with Crippen molar-refractivity contribution in [2.24, 2.45) is 11.3 Å². The maximum Gasteiger partial charge on any atom is 0.250 e. The van der Waals surface area contributed by atoms with Crippen molar-refractivity contribution in [1.82, 2.24) is 10.2 Å². The van der Waals surface area contributed by atoms with Gasteiger partial charge < -0.3 is 15.0 Å². The van der Waals surface area contributed by atoms with Crippen LogP contribution in [0.15, 0.2) is 23.8 Å². The monoisotopic (exact) mass is 503 g/mol. The average Bonchev–Trinajstić information content (AvgIpc) is 3.51. The molecule has 1 aliphatic heterocycles. The normalized spacial score (nSPS) is 25.2. The van der Waals surface area contributed by atoms with Crippen molar-refractivity contribution in [1.29, 1.82) is 5.26 Å². The summed E-state index contributed by atoms with van der Waals surface area (Å²) in [5.74, 6) is 0.412. The van der Waals surface area contributed by atoms with E-state index in [1.807, 2.05) is 24.3 Å². The number of amides is 2. The molecule has 2 saturated carbocycles. The Labute approximate surface area is 219 Å². The van der Waals surface area contributed by atoms with Crippen LogP contribution in [0.1, 0.15) is 81.8 Å². The van der Waals surface area contributed by atoms with Gasteiger partial charge in [0.05, 0.1) is 13.2 Å². The molecule has 1 saturated heterocycles. The first kappa shape index (κ1) is 25.5. The van der Waals surface area contributed by atoms with E-state index >= 15 is 0 Å². The summed E-state index contributed by atoms with van der Waals surface area (Å²) in [5.41, 5.74) is 2.62. The number of likely N-dealkylation sites (tertiary alicyclic amines) is 1. The quantitative estimate of drug-likeness (QED) is 0.622. The van der Waals surface area contributed by atoms with Crippen LogP contribution in [0.5, 0.6) is 5.75 Å². The number of Topliss-reactive ketones (excluding diaryl/α,β-unsaturated/α-hetero) is 1. The van der Waals surface area contributed by atoms with Crippen LogP contribution >= 0.6 is 0 Å². The predicted octanol–water partition coefficient (Wildman–Crippen LogP) is 4.34. The van der Waals surface area contributed by atoms with Gasteiger partial charge in [-0.1, -0.05) is 37.8 Å². The minimum atomic E-state index is -0.724. The molecule has 1 spiro atoms. The Morgan fingerprint density at radius 3 is 2.76 bits per heavy atom. The zero-order valence-electron chi connectivity index (χ0n) is 21.8. The molecule has 0 bridgehead atoms. The van der Waals surface area contributed by atoms with Gasteiger partial charge in [0.1, 0.15) is 23.6 Å². The summed E-state index contributed by atoms with van der Waals surface area (Å²) in [6, 6.07) is 6.72. The van der Waals surface area contributed by atoms with E-state index in [0.29, 0.717) is 37.8 Å². The fraction of sp³-hybridized carbons (Fsp3) is 0.600. The number of hydrogen-bond acceptors (Lipinski definition) is 5. The zero-order valence-corrected chi connectivity index (χ0v) is 21.8. The molecule has 5 rings (SSSR count). The fourth-order valence-corrected chi connectivity index (χ4v) is 7.01. The van der Waals surface area contributed by atoms with Crippen LogP contribution in [0.3, 0.4) is 0 Å². The molecule has 3 atom stereocenters. The van der Waals surface area contributed by atoms with Crippen molar-refractivity contribution in [2.75, 3.05) is 13.7 Å². The van der Waals surface area contributed by atoms with Gasteiger partial charge in [-0.25, -0.2) is 0 Å². The number of methoxy groups -OCH3 is 1. The highest BCUT2D eigenvalue weighted by Crippen LogP contribution is 2.47. The zero-order chi connectivity index (χ0) is 26.0. The number of hydrogen-bond donors (Lipinski definition) is 1. The third kappa shape index (κ3) is 5.16. The Balaban J connectivity index is 1.35. The molecule has 7 nitrogen and oxygen atoms in total. The summed E-state index contributed by atoms with van der Waals surface area (Å²) in [6.07, 6.45) is 12.1. The van der Waals surface area contributed by atoms with E-state index in [0.717, 1.165) is 61.8 Å². The smallest absolute Gasteiger partial charge is 0.250 e. The summed E-state index contributed by atoms with van der Waals surface area (Å²) in [5, 5.41) is 12.7. The number of benzene rings is 1. The van der Waals surface area contributed by atoms with Gasteiger partial charge in [0.2, 0.25) is 5.91 Å². The van der Waals surface area contributed by atoms with Gasteiger partial charge in [-0.05, 0) is 61.6 Å². The van der Waals surface area contributed by atoms with Crippen LogP contribution in [0.25, 0.3) is 6.08 Å². The van der Waals surface area contributed by atoms with Gasteiger partial charge in [-0.15, -0.1) is 0 Å². The van der Waals surface area contributed by atoms with E-state index in [1.165, 1.54) is 6.42 Å². The van der Waals surface area contributed by atoms with Crippen molar-refractivity contribution in [3.05, 3.63) is 34.9 Å². The molecule has 2 amide bonds. The van der Waals surface area contributed by atoms with Crippen LogP contribution in [-0.2, 0) is 20.8 Å². The lowest BCUT2D eigenvalue weighted by molar-refractivity contribution is -0.136. The largest absolute Gasteiger partial charge is 0.496 e. The number of ether oxygens (including phenoxy) is 1. The molecule has 37 heavy (non-hydrogen) atoms. The third-order valence-electron chi connectivity index (χ3n) is 9.01. The Kier molecular flexibility index (Phi) is 7.37. The van der Waals surface area contributed by atoms with E-state index in [1.54, 1.807) is 12.0 Å². The summed E-state index contributed by atoms with van der Waals surface area (Å²) >= 11 is 0. The molecule has 0 aromatic heterocycles. The average molecular weight is 504 g/mol. The van der Waals surface area contributed by atoms with Gasteiger partial charge in [0.15, 0.2) is 0 Å². The van der Waals surface area contributed by atoms with Crippen molar-refractivity contribution in [3.8, 4) is 11.8 Å². The van der Waals surface area contributed by atoms with Gasteiger partial charge >= 0.3 is 0 Å². The molecular formula is C30H37N3O4. The fourth-order valence-electron chi connectivity index (χ4n) is 7.01. The molecule has 0 unspecified atom stereocenters. The number of ketones is 1. The van der Waals surface area contributed by atoms with Gasteiger partial charge in [-0.2, -0.15) is 5.26 Å². The minimum absolute atomic E-state index is 0.0406. The summed E-state index contributed by atoms with van der Waals surface area (Å²) in [4.78, 5) is 41.6. The molecule has 3 aliphatic carbocycles. The molecule has 196 valence electrons. The highest BCUT2D eigenvalue weighted by Gasteiger charge is 2.49. The van der Waals surface area contributed by atoms with Crippen LogP contribution in [-0.4, -0.2) is 48.2 Å². The van der Waals surface area contributed by atoms with E-state index in [-0.39, 0.29) is 28.9 Å². The number of carbonyl (C=O) groups is 3. The predicted molar refractivity (Wildman–Crippen MR) is 139 cm³/mol. The lowest BCUT2D eigenvalue weighted by Gasteiger charge is -2.33. The SMILES string of the molecule is COc1cccc2c1C=C(C(=O)N1CC3(CCCCC3)C[C@H]1C(=O)N[C@H](C#N)C[C@@H]1CCCCC1=O)C2. The highest BCUT2D eigenvalue weighted by molar-refractivity contribution is 6.03. The number of rotatable bonds is 6. The lowest BCUT2D eigenvalue weighted by Crippen LogP contribution is -2.49. The van der Waals surface area contributed by atoms with E-state index in [4.69, 9.17) is 4.74 Å². The number of nitrogens with one attached hydrogen (secondary N) is 1. The molecular weight excluding hydrogens is 466 g/mol. The second-order valence-corrected chi connectivity index (χ2v) is 11.4. The van der Waals surface area contributed by atoms with Crippen LogP contribution < -0.4 is 10.1 Å². The maximum atomic E-state index is 13.9. The minimum Gasteiger partial charge on any atom is -0.496 e. The molecule has 3 fully saturated rings. The number of nitriles is 1. The van der Waals surface area contributed by atoms with Gasteiger partial charge in [0.25, 0.3) is 5.91 Å². The van der Waals surface area contributed by atoms with Crippen molar-refractivity contribution >= 4 is 23.7 Å². The van der Waals surface area contributed by atoms with Crippen molar-refractivity contribution < 1.29 is 19.1 Å². The first-order chi connectivity index (χ1) is 17.9. The maximum absolute atomic E-state index is 13.9. The second kappa shape index (κ2) is 10.7. The molecule has 7 heteroatoms. The van der Waals surface area contributed by atoms with Gasteiger partial charge in [-0.3, -0.25) is 14.4 Å². The summed E-state index contributed by atoms with van der Waals surface area (Å²) < 4.78 is 5.50. The first-order valence-corrected chi connectivity index (χ1v) is 13.8. The number of carbonyl (C=O) groups excluding carboxylic acids is 3. The summed E-state index contributed by atoms with van der Waals surface area (Å²) in [6.45, 7) is 0.576. The Bertz CT molecular complexity index is 1140.